The van der Waals surface area contributed by atoms with Crippen molar-refractivity contribution in [3.05, 3.63) is 52.6 Å². The monoisotopic (exact) mass is 286 g/mol. The van der Waals surface area contributed by atoms with Crippen molar-refractivity contribution in [2.45, 2.75) is 26.3 Å². The van der Waals surface area contributed by atoms with E-state index in [1.165, 1.54) is 18.2 Å². The zero-order valence-corrected chi connectivity index (χ0v) is 11.8. The minimum atomic E-state index is -1.01. The molecule has 2 rings (SSSR count). The molecule has 0 aliphatic carbocycles. The highest BCUT2D eigenvalue weighted by Gasteiger charge is 2.19. The van der Waals surface area contributed by atoms with Crippen LogP contribution in [0.25, 0.3) is 0 Å². The fourth-order valence-corrected chi connectivity index (χ4v) is 2.10. The van der Waals surface area contributed by atoms with Crippen LogP contribution in [0.3, 0.4) is 0 Å². The standard InChI is InChI=1S/C15H15FN4O/c1-9-12(10(2)20-19-9)7-15(21)18-14(8-17)11-5-3-4-6-13(11)16/h3-6,14H,7H2,1-2H3,(H,18,21)(H,19,20)/t14-/m1/s1. The molecular weight excluding hydrogens is 271 g/mol. The van der Waals surface area contributed by atoms with E-state index >= 15 is 0 Å². The molecule has 1 aromatic heterocycles. The lowest BCUT2D eigenvalue weighted by Gasteiger charge is -2.12. The van der Waals surface area contributed by atoms with Crippen molar-refractivity contribution >= 4 is 5.91 Å². The number of nitrogens with zero attached hydrogens (tertiary/aromatic N) is 2. The van der Waals surface area contributed by atoms with Gasteiger partial charge in [-0.15, -0.1) is 0 Å². The first kappa shape index (κ1) is 14.7. The number of carbonyl (C=O) groups is 1. The molecule has 0 radical (unpaired) electrons. The Labute approximate surface area is 121 Å². The quantitative estimate of drug-likeness (QED) is 0.903. The molecule has 1 amide bonds. The van der Waals surface area contributed by atoms with Gasteiger partial charge in [0.05, 0.1) is 18.2 Å². The van der Waals surface area contributed by atoms with Gasteiger partial charge in [-0.3, -0.25) is 9.89 Å². The number of amides is 1. The fourth-order valence-electron chi connectivity index (χ4n) is 2.10. The van der Waals surface area contributed by atoms with E-state index in [9.17, 15) is 9.18 Å². The van der Waals surface area contributed by atoms with Crippen molar-refractivity contribution in [3.63, 3.8) is 0 Å². The number of hydrogen-bond donors (Lipinski definition) is 2. The third kappa shape index (κ3) is 3.26. The van der Waals surface area contributed by atoms with Crippen LogP contribution in [-0.2, 0) is 11.2 Å². The van der Waals surface area contributed by atoms with Crippen LogP contribution in [0.4, 0.5) is 4.39 Å². The van der Waals surface area contributed by atoms with E-state index in [1.807, 2.05) is 13.0 Å². The van der Waals surface area contributed by atoms with Crippen LogP contribution in [0.5, 0.6) is 0 Å². The minimum Gasteiger partial charge on any atom is -0.336 e. The number of halogens is 1. The van der Waals surface area contributed by atoms with Crippen LogP contribution in [0.1, 0.15) is 28.6 Å². The summed E-state index contributed by atoms with van der Waals surface area (Å²) in [6.07, 6.45) is 0.0980. The molecular formula is C15H15FN4O. The number of rotatable bonds is 4. The van der Waals surface area contributed by atoms with Gasteiger partial charge < -0.3 is 5.32 Å². The second kappa shape index (κ2) is 6.18. The summed E-state index contributed by atoms with van der Waals surface area (Å²) in [6, 6.07) is 6.80. The summed E-state index contributed by atoms with van der Waals surface area (Å²) in [5.74, 6) is -0.863. The molecule has 0 saturated carbocycles. The van der Waals surface area contributed by atoms with Gasteiger partial charge in [-0.1, -0.05) is 18.2 Å². The normalized spacial score (nSPS) is 11.7. The number of aromatic amines is 1. The number of benzene rings is 1. The van der Waals surface area contributed by atoms with Crippen LogP contribution < -0.4 is 5.32 Å². The SMILES string of the molecule is Cc1n[nH]c(C)c1CC(=O)N[C@H](C#N)c1ccccc1F. The Balaban J connectivity index is 2.11. The van der Waals surface area contributed by atoms with Crippen molar-refractivity contribution in [1.29, 1.82) is 5.26 Å². The lowest BCUT2D eigenvalue weighted by Crippen LogP contribution is -2.29. The number of hydrogen-bond acceptors (Lipinski definition) is 3. The largest absolute Gasteiger partial charge is 0.336 e. The lowest BCUT2D eigenvalue weighted by molar-refractivity contribution is -0.120. The molecule has 1 atom stereocenters. The van der Waals surface area contributed by atoms with Gasteiger partial charge in [0.1, 0.15) is 11.9 Å². The Morgan fingerprint density at radius 1 is 1.48 bits per heavy atom. The molecule has 0 fully saturated rings. The first-order chi connectivity index (χ1) is 10.0. The molecule has 0 unspecified atom stereocenters. The Morgan fingerprint density at radius 2 is 2.19 bits per heavy atom. The molecule has 0 saturated heterocycles. The highest BCUT2D eigenvalue weighted by molar-refractivity contribution is 5.79. The number of nitrogens with one attached hydrogen (secondary N) is 2. The maximum absolute atomic E-state index is 13.7. The number of aromatic nitrogens is 2. The van der Waals surface area contributed by atoms with Crippen molar-refractivity contribution in [2.75, 3.05) is 0 Å². The molecule has 2 aromatic rings. The summed E-state index contributed by atoms with van der Waals surface area (Å²) < 4.78 is 13.7. The van der Waals surface area contributed by atoms with Gasteiger partial charge >= 0.3 is 0 Å². The smallest absolute Gasteiger partial charge is 0.225 e. The molecule has 6 heteroatoms. The summed E-state index contributed by atoms with van der Waals surface area (Å²) in [5.41, 5.74) is 2.50. The number of nitriles is 1. The summed E-state index contributed by atoms with van der Waals surface area (Å²) in [6.45, 7) is 3.62. The second-order valence-electron chi connectivity index (χ2n) is 4.74. The minimum absolute atomic E-state index is 0.0980. The summed E-state index contributed by atoms with van der Waals surface area (Å²) in [4.78, 5) is 12.0. The molecule has 21 heavy (non-hydrogen) atoms. The van der Waals surface area contributed by atoms with E-state index < -0.39 is 11.9 Å². The predicted octanol–water partition coefficient (Wildman–Crippen LogP) is 2.09. The third-order valence-corrected chi connectivity index (χ3v) is 3.27. The molecule has 0 bridgehead atoms. The molecule has 2 N–H and O–H groups in total. The predicted molar refractivity (Wildman–Crippen MR) is 74.7 cm³/mol. The van der Waals surface area contributed by atoms with Gasteiger partial charge in [-0.05, 0) is 19.9 Å². The molecule has 1 aromatic carbocycles. The number of aryl methyl sites for hydroxylation is 2. The topological polar surface area (TPSA) is 81.6 Å². The zero-order valence-electron chi connectivity index (χ0n) is 11.8. The van der Waals surface area contributed by atoms with Gasteiger partial charge in [-0.25, -0.2) is 4.39 Å². The fraction of sp³-hybridized carbons (Fsp3) is 0.267. The van der Waals surface area contributed by atoms with Crippen LogP contribution in [0, 0.1) is 31.0 Å². The Hall–Kier alpha value is -2.68. The Morgan fingerprint density at radius 3 is 2.76 bits per heavy atom. The first-order valence-electron chi connectivity index (χ1n) is 6.46. The van der Waals surface area contributed by atoms with Gasteiger partial charge in [0, 0.05) is 16.8 Å². The molecule has 1 heterocycles. The first-order valence-corrected chi connectivity index (χ1v) is 6.46. The van der Waals surface area contributed by atoms with Crippen molar-refractivity contribution in [1.82, 2.24) is 15.5 Å². The average molecular weight is 286 g/mol. The maximum Gasteiger partial charge on any atom is 0.225 e. The lowest BCUT2D eigenvalue weighted by atomic mass is 10.1. The van der Waals surface area contributed by atoms with Crippen LogP contribution >= 0.6 is 0 Å². The highest BCUT2D eigenvalue weighted by Crippen LogP contribution is 2.17. The van der Waals surface area contributed by atoms with E-state index in [-0.39, 0.29) is 17.9 Å². The van der Waals surface area contributed by atoms with Gasteiger partial charge in [0.25, 0.3) is 0 Å². The van der Waals surface area contributed by atoms with Crippen molar-refractivity contribution in [2.24, 2.45) is 0 Å². The summed E-state index contributed by atoms with van der Waals surface area (Å²) in [5, 5.41) is 18.5. The van der Waals surface area contributed by atoms with E-state index in [1.54, 1.807) is 13.0 Å². The molecule has 0 aliphatic rings. The molecule has 0 aliphatic heterocycles. The van der Waals surface area contributed by atoms with E-state index in [2.05, 4.69) is 15.5 Å². The van der Waals surface area contributed by atoms with Crippen LogP contribution in [0.15, 0.2) is 24.3 Å². The molecule has 0 spiro atoms. The second-order valence-corrected chi connectivity index (χ2v) is 4.74. The molecule has 5 nitrogen and oxygen atoms in total. The third-order valence-electron chi connectivity index (χ3n) is 3.27. The summed E-state index contributed by atoms with van der Waals surface area (Å²) >= 11 is 0. The van der Waals surface area contributed by atoms with E-state index in [0.717, 1.165) is 17.0 Å². The van der Waals surface area contributed by atoms with E-state index in [4.69, 9.17) is 5.26 Å². The zero-order chi connectivity index (χ0) is 15.4. The van der Waals surface area contributed by atoms with Crippen molar-refractivity contribution in [3.8, 4) is 6.07 Å². The van der Waals surface area contributed by atoms with Gasteiger partial charge in [0.15, 0.2) is 0 Å². The Kier molecular flexibility index (Phi) is 4.33. The van der Waals surface area contributed by atoms with Gasteiger partial charge in [0.2, 0.25) is 5.91 Å². The van der Waals surface area contributed by atoms with Crippen molar-refractivity contribution < 1.29 is 9.18 Å². The van der Waals surface area contributed by atoms with Crippen LogP contribution in [0.2, 0.25) is 0 Å². The van der Waals surface area contributed by atoms with Gasteiger partial charge in [-0.2, -0.15) is 10.4 Å². The number of H-pyrrole nitrogens is 1. The average Bonchev–Trinajstić information content (AvgIpc) is 2.77. The number of carbonyl (C=O) groups excluding carboxylic acids is 1. The maximum atomic E-state index is 13.7. The summed E-state index contributed by atoms with van der Waals surface area (Å²) in [7, 11) is 0. The van der Waals surface area contributed by atoms with E-state index in [0.29, 0.717) is 0 Å². The molecule has 108 valence electrons. The van der Waals surface area contributed by atoms with Crippen LogP contribution in [-0.4, -0.2) is 16.1 Å². The highest BCUT2D eigenvalue weighted by atomic mass is 19.1. The Bertz CT molecular complexity index is 682.